The van der Waals surface area contributed by atoms with Crippen molar-refractivity contribution in [2.24, 2.45) is 0 Å². The van der Waals surface area contributed by atoms with Crippen molar-refractivity contribution in [1.82, 2.24) is 25.0 Å². The summed E-state index contributed by atoms with van der Waals surface area (Å²) in [7, 11) is 0. The van der Waals surface area contributed by atoms with Gasteiger partial charge in [-0.3, -0.25) is 4.57 Å². The normalized spacial score (nSPS) is 13.2. The zero-order chi connectivity index (χ0) is 20.9. The van der Waals surface area contributed by atoms with Crippen LogP contribution in [-0.2, 0) is 13.0 Å². The summed E-state index contributed by atoms with van der Waals surface area (Å²) < 4.78 is 16.3. The molecule has 1 fully saturated rings. The van der Waals surface area contributed by atoms with Crippen LogP contribution in [-0.4, -0.2) is 33.5 Å². The number of hydrogen-bond donors (Lipinski definition) is 2. The minimum absolute atomic E-state index is 0.139. The van der Waals surface area contributed by atoms with Crippen LogP contribution in [0.1, 0.15) is 24.4 Å². The van der Waals surface area contributed by atoms with Crippen molar-refractivity contribution >= 4 is 6.03 Å². The molecular formula is C22H24FN5O2. The van der Waals surface area contributed by atoms with Crippen molar-refractivity contribution in [3.8, 4) is 11.4 Å². The number of urea groups is 1. The van der Waals surface area contributed by atoms with Crippen LogP contribution in [0.4, 0.5) is 9.18 Å². The van der Waals surface area contributed by atoms with Gasteiger partial charge >= 0.3 is 11.7 Å². The van der Waals surface area contributed by atoms with Gasteiger partial charge in [0.15, 0.2) is 5.82 Å². The summed E-state index contributed by atoms with van der Waals surface area (Å²) in [6.45, 7) is 1.07. The first kappa shape index (κ1) is 19.9. The summed E-state index contributed by atoms with van der Waals surface area (Å²) in [6.07, 6.45) is 2.62. The number of hydrogen-bond acceptors (Lipinski definition) is 3. The molecule has 1 aliphatic carbocycles. The number of aromatic nitrogens is 3. The predicted octanol–water partition coefficient (Wildman–Crippen LogP) is 2.73. The highest BCUT2D eigenvalue weighted by atomic mass is 19.1. The van der Waals surface area contributed by atoms with Crippen LogP contribution in [0.15, 0.2) is 59.4 Å². The number of nitrogens with zero attached hydrogens (tertiary/aromatic N) is 3. The lowest BCUT2D eigenvalue weighted by Crippen LogP contribution is -2.39. The molecule has 0 bridgehead atoms. The summed E-state index contributed by atoms with van der Waals surface area (Å²) in [5.74, 6) is 0.204. The number of halogens is 1. The first-order chi connectivity index (χ1) is 14.6. The second-order valence-electron chi connectivity index (χ2n) is 7.36. The molecule has 0 radical (unpaired) electrons. The van der Waals surface area contributed by atoms with Crippen molar-refractivity contribution in [2.75, 3.05) is 13.1 Å². The van der Waals surface area contributed by atoms with Crippen molar-refractivity contribution in [2.45, 2.75) is 31.8 Å². The molecule has 1 saturated carbocycles. The van der Waals surface area contributed by atoms with Crippen LogP contribution in [0.3, 0.4) is 0 Å². The van der Waals surface area contributed by atoms with Gasteiger partial charge in [-0.05, 0) is 49.1 Å². The van der Waals surface area contributed by atoms with Gasteiger partial charge in [0.25, 0.3) is 0 Å². The van der Waals surface area contributed by atoms with Gasteiger partial charge in [0, 0.05) is 24.7 Å². The number of nitrogens with one attached hydrogen (secondary N) is 2. The van der Waals surface area contributed by atoms with E-state index in [0.29, 0.717) is 17.9 Å². The number of carbonyl (C=O) groups excluding carboxylic acids is 1. The molecular weight excluding hydrogens is 385 g/mol. The van der Waals surface area contributed by atoms with E-state index in [1.54, 1.807) is 16.7 Å². The first-order valence-electron chi connectivity index (χ1n) is 10.1. The topological polar surface area (TPSA) is 81.0 Å². The summed E-state index contributed by atoms with van der Waals surface area (Å²) in [5, 5.41) is 10.0. The molecule has 2 aromatic carbocycles. The number of rotatable bonds is 8. The molecule has 156 valence electrons. The van der Waals surface area contributed by atoms with Crippen LogP contribution in [0.25, 0.3) is 11.4 Å². The van der Waals surface area contributed by atoms with Crippen molar-refractivity contribution in [3.05, 3.63) is 76.5 Å². The Kier molecular flexibility index (Phi) is 5.92. The lowest BCUT2D eigenvalue weighted by Gasteiger charge is -2.07. The Balaban J connectivity index is 1.33. The van der Waals surface area contributed by atoms with E-state index >= 15 is 0 Å². The van der Waals surface area contributed by atoms with E-state index in [1.165, 1.54) is 16.8 Å². The Morgan fingerprint density at radius 1 is 1.03 bits per heavy atom. The van der Waals surface area contributed by atoms with Crippen LogP contribution >= 0.6 is 0 Å². The second-order valence-corrected chi connectivity index (χ2v) is 7.36. The van der Waals surface area contributed by atoms with Gasteiger partial charge in [-0.15, -0.1) is 5.10 Å². The Morgan fingerprint density at radius 3 is 2.43 bits per heavy atom. The molecule has 1 aliphatic rings. The van der Waals surface area contributed by atoms with Crippen LogP contribution in [0.5, 0.6) is 0 Å². The molecule has 0 atom stereocenters. The smallest absolute Gasteiger partial charge is 0.338 e. The molecule has 0 saturated heterocycles. The summed E-state index contributed by atoms with van der Waals surface area (Å²) in [6, 6.07) is 15.7. The predicted molar refractivity (Wildman–Crippen MR) is 112 cm³/mol. The van der Waals surface area contributed by atoms with Gasteiger partial charge in [-0.2, -0.15) is 0 Å². The maximum Gasteiger partial charge on any atom is 0.346 e. The molecule has 1 heterocycles. The average molecular weight is 409 g/mol. The Bertz CT molecular complexity index is 1060. The Labute approximate surface area is 173 Å². The molecule has 4 rings (SSSR count). The standard InChI is InChI=1S/C22H24FN5O2/c23-18-8-6-17(7-9-18)20-26-27(22(30)28(20)19-10-11-19)15-14-25-21(29)24-13-12-16-4-2-1-3-5-16/h1-9,19H,10-15H2,(H2,24,25,29). The molecule has 2 amide bonds. The molecule has 30 heavy (non-hydrogen) atoms. The fourth-order valence-corrected chi connectivity index (χ4v) is 3.33. The molecule has 2 N–H and O–H groups in total. The maximum absolute atomic E-state index is 13.2. The monoisotopic (exact) mass is 409 g/mol. The van der Waals surface area contributed by atoms with E-state index in [2.05, 4.69) is 15.7 Å². The van der Waals surface area contributed by atoms with Crippen LogP contribution in [0, 0.1) is 5.82 Å². The van der Waals surface area contributed by atoms with E-state index in [0.717, 1.165) is 24.8 Å². The van der Waals surface area contributed by atoms with Gasteiger partial charge in [0.05, 0.1) is 6.54 Å². The highest BCUT2D eigenvalue weighted by molar-refractivity contribution is 5.73. The highest BCUT2D eigenvalue weighted by Gasteiger charge is 2.30. The van der Waals surface area contributed by atoms with E-state index in [-0.39, 0.29) is 36.7 Å². The lowest BCUT2D eigenvalue weighted by atomic mass is 10.1. The maximum atomic E-state index is 13.2. The third kappa shape index (κ3) is 4.76. The number of amides is 2. The number of benzene rings is 2. The fraction of sp³-hybridized carbons (Fsp3) is 0.318. The summed E-state index contributed by atoms with van der Waals surface area (Å²) in [4.78, 5) is 24.8. The zero-order valence-electron chi connectivity index (χ0n) is 16.6. The van der Waals surface area contributed by atoms with Gasteiger partial charge in [0.1, 0.15) is 5.82 Å². The molecule has 0 aliphatic heterocycles. The van der Waals surface area contributed by atoms with Crippen LogP contribution < -0.4 is 16.3 Å². The quantitative estimate of drug-likeness (QED) is 0.600. The SMILES string of the molecule is O=C(NCCc1ccccc1)NCCn1nc(-c2ccc(F)cc2)n(C2CC2)c1=O. The largest absolute Gasteiger partial charge is 0.346 e. The average Bonchev–Trinajstić information content (AvgIpc) is 3.53. The third-order valence-corrected chi connectivity index (χ3v) is 5.04. The molecule has 3 aromatic rings. The minimum atomic E-state index is -0.332. The molecule has 0 unspecified atom stereocenters. The molecule has 8 heteroatoms. The fourth-order valence-electron chi connectivity index (χ4n) is 3.33. The Hall–Kier alpha value is -3.42. The van der Waals surface area contributed by atoms with Gasteiger partial charge in [0.2, 0.25) is 0 Å². The van der Waals surface area contributed by atoms with E-state index < -0.39 is 0 Å². The van der Waals surface area contributed by atoms with E-state index in [1.807, 2.05) is 30.3 Å². The van der Waals surface area contributed by atoms with Crippen molar-refractivity contribution in [3.63, 3.8) is 0 Å². The minimum Gasteiger partial charge on any atom is -0.338 e. The van der Waals surface area contributed by atoms with Crippen molar-refractivity contribution < 1.29 is 9.18 Å². The molecule has 1 aromatic heterocycles. The van der Waals surface area contributed by atoms with Gasteiger partial charge in [-0.1, -0.05) is 30.3 Å². The van der Waals surface area contributed by atoms with E-state index in [9.17, 15) is 14.0 Å². The molecule has 7 nitrogen and oxygen atoms in total. The second kappa shape index (κ2) is 8.94. The summed E-state index contributed by atoms with van der Waals surface area (Å²) in [5.41, 5.74) is 1.65. The third-order valence-electron chi connectivity index (χ3n) is 5.04. The van der Waals surface area contributed by atoms with Crippen LogP contribution in [0.2, 0.25) is 0 Å². The van der Waals surface area contributed by atoms with E-state index in [4.69, 9.17) is 0 Å². The lowest BCUT2D eigenvalue weighted by molar-refractivity contribution is 0.240. The summed E-state index contributed by atoms with van der Waals surface area (Å²) >= 11 is 0. The zero-order valence-corrected chi connectivity index (χ0v) is 16.6. The van der Waals surface area contributed by atoms with Crippen molar-refractivity contribution in [1.29, 1.82) is 0 Å². The Morgan fingerprint density at radius 2 is 1.73 bits per heavy atom. The molecule has 0 spiro atoms. The first-order valence-corrected chi connectivity index (χ1v) is 10.1. The van der Waals surface area contributed by atoms with Gasteiger partial charge < -0.3 is 10.6 Å². The number of carbonyl (C=O) groups is 1. The van der Waals surface area contributed by atoms with Gasteiger partial charge in [-0.25, -0.2) is 18.7 Å². The highest BCUT2D eigenvalue weighted by Crippen LogP contribution is 2.36.